The lowest BCUT2D eigenvalue weighted by molar-refractivity contribution is -0.124. The number of hydrogen-bond donors (Lipinski definition) is 2. The van der Waals surface area contributed by atoms with E-state index in [2.05, 4.69) is 30.2 Å². The van der Waals surface area contributed by atoms with E-state index in [0.29, 0.717) is 6.54 Å². The first-order valence-electron chi connectivity index (χ1n) is 6.19. The molecule has 0 bridgehead atoms. The Labute approximate surface area is 108 Å². The minimum Gasteiger partial charge on any atom is -0.367 e. The Hall–Kier alpha value is -1.76. The van der Waals surface area contributed by atoms with Gasteiger partial charge in [0.2, 0.25) is 5.91 Å². The summed E-state index contributed by atoms with van der Waals surface area (Å²) in [6.45, 7) is 8.41. The number of carbonyl (C=O) groups is 1. The van der Waals surface area contributed by atoms with Crippen molar-refractivity contribution in [2.24, 2.45) is 11.8 Å². The molecular formula is C14H21N3O. The highest BCUT2D eigenvalue weighted by atomic mass is 16.1. The van der Waals surface area contributed by atoms with Crippen LogP contribution in [0.25, 0.3) is 0 Å². The van der Waals surface area contributed by atoms with Crippen molar-refractivity contribution < 1.29 is 4.79 Å². The highest BCUT2D eigenvalue weighted by Crippen LogP contribution is 2.21. The number of amides is 1. The van der Waals surface area contributed by atoms with Gasteiger partial charge in [-0.3, -0.25) is 4.79 Å². The average molecular weight is 247 g/mol. The van der Waals surface area contributed by atoms with Crippen LogP contribution >= 0.6 is 0 Å². The number of nitrogens with zero attached hydrogens (tertiary/aromatic N) is 1. The molecule has 0 spiro atoms. The molecule has 0 saturated heterocycles. The Bertz CT molecular complexity index is 426. The summed E-state index contributed by atoms with van der Waals surface area (Å²) in [5.74, 6) is -0.728. The summed E-state index contributed by atoms with van der Waals surface area (Å²) < 4.78 is 0. The summed E-state index contributed by atoms with van der Waals surface area (Å²) in [7, 11) is 0. The molecular weight excluding hydrogens is 226 g/mol. The summed E-state index contributed by atoms with van der Waals surface area (Å²) in [6, 6.07) is 4.05. The maximum absolute atomic E-state index is 11.9. The predicted octanol–water partition coefficient (Wildman–Crippen LogP) is 2.20. The molecule has 1 heterocycles. The van der Waals surface area contributed by atoms with Gasteiger partial charge in [0.15, 0.2) is 0 Å². The van der Waals surface area contributed by atoms with E-state index in [9.17, 15) is 4.79 Å². The van der Waals surface area contributed by atoms with Crippen LogP contribution in [-0.2, 0) is 10.2 Å². The Balaban J connectivity index is 2.61. The monoisotopic (exact) mass is 247 g/mol. The average Bonchev–Trinajstić information content (AvgIpc) is 2.81. The highest BCUT2D eigenvalue weighted by molar-refractivity contribution is 5.81. The molecule has 0 aliphatic rings. The Morgan fingerprint density at radius 2 is 2.22 bits per heavy atom. The van der Waals surface area contributed by atoms with E-state index in [0.717, 1.165) is 5.56 Å². The third-order valence-electron chi connectivity index (χ3n) is 3.17. The van der Waals surface area contributed by atoms with Gasteiger partial charge < -0.3 is 10.3 Å². The topological polar surface area (TPSA) is 68.7 Å². The molecule has 0 saturated carbocycles. The molecule has 0 aromatic carbocycles. The van der Waals surface area contributed by atoms with Gasteiger partial charge in [-0.1, -0.05) is 27.7 Å². The summed E-state index contributed by atoms with van der Waals surface area (Å²) >= 11 is 0. The van der Waals surface area contributed by atoms with E-state index in [1.165, 1.54) is 0 Å². The fourth-order valence-corrected chi connectivity index (χ4v) is 1.78. The molecule has 0 aliphatic carbocycles. The minimum absolute atomic E-state index is 0.0328. The van der Waals surface area contributed by atoms with Crippen molar-refractivity contribution in [2.45, 2.75) is 33.1 Å². The van der Waals surface area contributed by atoms with Crippen LogP contribution in [0.15, 0.2) is 18.5 Å². The van der Waals surface area contributed by atoms with Crippen LogP contribution in [0.1, 0.15) is 33.3 Å². The summed E-state index contributed by atoms with van der Waals surface area (Å²) in [4.78, 5) is 14.9. The second kappa shape index (κ2) is 5.72. The maximum atomic E-state index is 11.9. The number of nitrogens with one attached hydrogen (secondary N) is 2. The molecule has 4 nitrogen and oxygen atoms in total. The molecule has 0 radical (unpaired) electrons. The maximum Gasteiger partial charge on any atom is 0.237 e. The van der Waals surface area contributed by atoms with Crippen LogP contribution < -0.4 is 5.32 Å². The number of aromatic nitrogens is 1. The lowest BCUT2D eigenvalue weighted by Crippen LogP contribution is -2.40. The third kappa shape index (κ3) is 3.36. The second-order valence-corrected chi connectivity index (χ2v) is 5.55. The van der Waals surface area contributed by atoms with E-state index < -0.39 is 5.92 Å². The van der Waals surface area contributed by atoms with Gasteiger partial charge in [-0.25, -0.2) is 0 Å². The normalized spacial score (nSPS) is 13.1. The van der Waals surface area contributed by atoms with Crippen LogP contribution in [0, 0.1) is 23.2 Å². The molecule has 1 aromatic heterocycles. The summed E-state index contributed by atoms with van der Waals surface area (Å²) in [6.07, 6.45) is 3.79. The zero-order valence-corrected chi connectivity index (χ0v) is 11.4. The zero-order chi connectivity index (χ0) is 13.8. The number of carbonyl (C=O) groups excluding carboxylic acids is 1. The molecule has 1 amide bonds. The first-order valence-corrected chi connectivity index (χ1v) is 6.19. The van der Waals surface area contributed by atoms with Crippen molar-refractivity contribution in [1.29, 1.82) is 5.26 Å². The van der Waals surface area contributed by atoms with Crippen molar-refractivity contribution in [3.05, 3.63) is 24.0 Å². The Morgan fingerprint density at radius 1 is 1.56 bits per heavy atom. The van der Waals surface area contributed by atoms with Gasteiger partial charge in [0.25, 0.3) is 0 Å². The zero-order valence-electron chi connectivity index (χ0n) is 11.4. The van der Waals surface area contributed by atoms with Crippen molar-refractivity contribution in [1.82, 2.24) is 10.3 Å². The van der Waals surface area contributed by atoms with Crippen molar-refractivity contribution in [3.8, 4) is 6.07 Å². The van der Waals surface area contributed by atoms with Gasteiger partial charge in [0.05, 0.1) is 6.07 Å². The number of hydrogen-bond acceptors (Lipinski definition) is 2. The van der Waals surface area contributed by atoms with E-state index in [-0.39, 0.29) is 17.2 Å². The van der Waals surface area contributed by atoms with Crippen molar-refractivity contribution in [2.75, 3.05) is 6.54 Å². The molecule has 0 fully saturated rings. The van der Waals surface area contributed by atoms with E-state index in [1.54, 1.807) is 0 Å². The van der Waals surface area contributed by atoms with Gasteiger partial charge in [-0.05, 0) is 17.5 Å². The smallest absolute Gasteiger partial charge is 0.237 e. The molecule has 1 atom stereocenters. The molecule has 2 N–H and O–H groups in total. The van der Waals surface area contributed by atoms with Crippen LogP contribution in [0.5, 0.6) is 0 Å². The summed E-state index contributed by atoms with van der Waals surface area (Å²) in [5, 5.41) is 11.8. The van der Waals surface area contributed by atoms with Gasteiger partial charge in [0.1, 0.15) is 5.92 Å². The van der Waals surface area contributed by atoms with Gasteiger partial charge in [0, 0.05) is 24.4 Å². The standard InChI is InChI=1S/C14H21N3O/c1-10(2)12(7-15)13(18)17-9-14(3,4)11-5-6-16-8-11/h5-6,8,10,12,16H,9H2,1-4H3,(H,17,18). The number of rotatable bonds is 5. The third-order valence-corrected chi connectivity index (χ3v) is 3.17. The van der Waals surface area contributed by atoms with E-state index >= 15 is 0 Å². The Morgan fingerprint density at radius 3 is 2.67 bits per heavy atom. The SMILES string of the molecule is CC(C)C(C#N)C(=O)NCC(C)(C)c1cc[nH]c1. The minimum atomic E-state index is -0.577. The predicted molar refractivity (Wildman–Crippen MR) is 70.8 cm³/mol. The fourth-order valence-electron chi connectivity index (χ4n) is 1.78. The van der Waals surface area contributed by atoms with Crippen LogP contribution in [0.3, 0.4) is 0 Å². The Kier molecular flexibility index (Phi) is 4.55. The van der Waals surface area contributed by atoms with Gasteiger partial charge in [-0.15, -0.1) is 0 Å². The van der Waals surface area contributed by atoms with Crippen LogP contribution in [0.4, 0.5) is 0 Å². The lowest BCUT2D eigenvalue weighted by Gasteiger charge is -2.25. The first kappa shape index (κ1) is 14.3. The molecule has 1 unspecified atom stereocenters. The number of aromatic amines is 1. The lowest BCUT2D eigenvalue weighted by atomic mass is 9.86. The quantitative estimate of drug-likeness (QED) is 0.837. The number of nitriles is 1. The highest BCUT2D eigenvalue weighted by Gasteiger charge is 2.26. The van der Waals surface area contributed by atoms with Crippen molar-refractivity contribution >= 4 is 5.91 Å². The molecule has 4 heteroatoms. The largest absolute Gasteiger partial charge is 0.367 e. The van der Waals surface area contributed by atoms with Crippen molar-refractivity contribution in [3.63, 3.8) is 0 Å². The second-order valence-electron chi connectivity index (χ2n) is 5.55. The van der Waals surface area contributed by atoms with Gasteiger partial charge >= 0.3 is 0 Å². The van der Waals surface area contributed by atoms with Crippen LogP contribution in [0.2, 0.25) is 0 Å². The molecule has 1 rings (SSSR count). The summed E-state index contributed by atoms with van der Waals surface area (Å²) in [5.41, 5.74) is 0.993. The fraction of sp³-hybridized carbons (Fsp3) is 0.571. The molecule has 18 heavy (non-hydrogen) atoms. The molecule has 1 aromatic rings. The number of H-pyrrole nitrogens is 1. The first-order chi connectivity index (χ1) is 8.38. The molecule has 98 valence electrons. The van der Waals surface area contributed by atoms with Gasteiger partial charge in [-0.2, -0.15) is 5.26 Å². The van der Waals surface area contributed by atoms with E-state index in [1.807, 2.05) is 32.3 Å². The molecule has 0 aliphatic heterocycles. The van der Waals surface area contributed by atoms with E-state index in [4.69, 9.17) is 5.26 Å². The van der Waals surface area contributed by atoms with Crippen LogP contribution in [-0.4, -0.2) is 17.4 Å².